The third-order valence-corrected chi connectivity index (χ3v) is 7.22. The highest BCUT2D eigenvalue weighted by Gasteiger charge is 2.76. The average molecular weight is 244 g/mol. The third-order valence-electron chi connectivity index (χ3n) is 3.88. The number of epoxide rings is 1. The van der Waals surface area contributed by atoms with Gasteiger partial charge < -0.3 is 18.0 Å². The van der Waals surface area contributed by atoms with Crippen molar-refractivity contribution in [1.82, 2.24) is 0 Å². The zero-order valence-corrected chi connectivity index (χ0v) is 11.2. The van der Waals surface area contributed by atoms with Gasteiger partial charge in [0.05, 0.1) is 6.10 Å². The van der Waals surface area contributed by atoms with E-state index >= 15 is 0 Å². The van der Waals surface area contributed by atoms with Crippen LogP contribution in [0.5, 0.6) is 0 Å². The molecule has 2 rings (SSSR count). The number of hydrogen-bond donors (Lipinski definition) is 0. The minimum Gasteiger partial charge on any atom is -0.375 e. The molecule has 92 valence electrons. The molecule has 2 aliphatic rings. The molecule has 16 heavy (non-hydrogen) atoms. The Kier molecular flexibility index (Phi) is 3.24. The predicted octanol–water partition coefficient (Wildman–Crippen LogP) is 1.53. The first-order valence-electron chi connectivity index (χ1n) is 5.64. The lowest BCUT2D eigenvalue weighted by molar-refractivity contribution is 0.0829. The topological polar surface area (TPSA) is 40.2 Å². The van der Waals surface area contributed by atoms with Crippen molar-refractivity contribution in [3.05, 3.63) is 12.7 Å². The second kappa shape index (κ2) is 4.23. The lowest BCUT2D eigenvalue weighted by Crippen LogP contribution is -2.59. The van der Waals surface area contributed by atoms with Crippen LogP contribution in [0.1, 0.15) is 19.3 Å². The molecule has 3 atom stereocenters. The summed E-state index contributed by atoms with van der Waals surface area (Å²) in [7, 11) is 2.27. The van der Waals surface area contributed by atoms with Crippen molar-refractivity contribution in [1.29, 1.82) is 0 Å². The van der Waals surface area contributed by atoms with Crippen molar-refractivity contribution >= 4 is 8.80 Å². The van der Waals surface area contributed by atoms with Crippen LogP contribution in [0.25, 0.3) is 0 Å². The van der Waals surface area contributed by atoms with Crippen LogP contribution in [0.15, 0.2) is 12.7 Å². The van der Waals surface area contributed by atoms with Gasteiger partial charge in [-0.15, -0.1) is 6.58 Å². The summed E-state index contributed by atoms with van der Waals surface area (Å²) in [6.45, 7) is 3.84. The normalized spacial score (nSPS) is 37.9. The Hall–Kier alpha value is -0.203. The molecule has 1 saturated heterocycles. The Labute approximate surface area is 97.9 Å². The fourth-order valence-electron chi connectivity index (χ4n) is 2.88. The summed E-state index contributed by atoms with van der Waals surface area (Å²) in [5.74, 6) is 0.554. The molecule has 1 aliphatic carbocycles. The van der Waals surface area contributed by atoms with Crippen LogP contribution in [-0.2, 0) is 18.0 Å². The molecule has 1 aliphatic heterocycles. The molecule has 0 radical (unpaired) electrons. The molecule has 0 aromatic heterocycles. The molecule has 3 unspecified atom stereocenters. The minimum atomic E-state index is -2.67. The van der Waals surface area contributed by atoms with Gasteiger partial charge in [0.1, 0.15) is 0 Å². The van der Waals surface area contributed by atoms with Gasteiger partial charge in [0.25, 0.3) is 0 Å². The van der Waals surface area contributed by atoms with Crippen LogP contribution in [0.4, 0.5) is 0 Å². The highest BCUT2D eigenvalue weighted by molar-refractivity contribution is 6.65. The summed E-state index contributed by atoms with van der Waals surface area (Å²) in [6, 6.07) is 0. The molecule has 5 heteroatoms. The zero-order valence-electron chi connectivity index (χ0n) is 10.2. The molecule has 1 saturated carbocycles. The Bertz CT molecular complexity index is 271. The SMILES string of the molecule is C=CC1CCC2([Si](OC)(OC)OC)OC2C1. The van der Waals surface area contributed by atoms with Crippen molar-refractivity contribution in [3.8, 4) is 0 Å². The summed E-state index contributed by atoms with van der Waals surface area (Å²) in [5, 5.41) is -0.287. The standard InChI is InChI=1S/C11H20O4Si/c1-5-9-6-7-11(10(8-9)15-11)16(12-2,13-3)14-4/h5,9-10H,1,6-8H2,2-4H3. The van der Waals surface area contributed by atoms with E-state index in [1.165, 1.54) is 0 Å². The van der Waals surface area contributed by atoms with E-state index in [2.05, 4.69) is 6.58 Å². The van der Waals surface area contributed by atoms with Crippen molar-refractivity contribution < 1.29 is 18.0 Å². The summed E-state index contributed by atoms with van der Waals surface area (Å²) in [6.07, 6.45) is 5.26. The predicted molar refractivity (Wildman–Crippen MR) is 61.9 cm³/mol. The van der Waals surface area contributed by atoms with Crippen LogP contribution in [0.2, 0.25) is 0 Å². The Morgan fingerprint density at radius 3 is 2.38 bits per heavy atom. The maximum Gasteiger partial charge on any atom is 0.536 e. The molecule has 0 spiro atoms. The molecule has 0 bridgehead atoms. The van der Waals surface area contributed by atoms with Gasteiger partial charge in [0.2, 0.25) is 0 Å². The highest BCUT2D eigenvalue weighted by atomic mass is 28.4. The van der Waals surface area contributed by atoms with Crippen LogP contribution >= 0.6 is 0 Å². The largest absolute Gasteiger partial charge is 0.536 e. The van der Waals surface area contributed by atoms with Gasteiger partial charge in [-0.2, -0.15) is 0 Å². The molecule has 2 fully saturated rings. The van der Waals surface area contributed by atoms with E-state index in [1.54, 1.807) is 21.3 Å². The second-order valence-electron chi connectivity index (χ2n) is 4.43. The van der Waals surface area contributed by atoms with Crippen molar-refractivity contribution in [2.45, 2.75) is 30.6 Å². The molecule has 0 N–H and O–H groups in total. The van der Waals surface area contributed by atoms with Crippen LogP contribution in [0, 0.1) is 5.92 Å². The molecular formula is C11H20O4Si. The quantitative estimate of drug-likeness (QED) is 0.418. The van der Waals surface area contributed by atoms with Crippen LogP contribution < -0.4 is 0 Å². The summed E-state index contributed by atoms with van der Waals surface area (Å²) >= 11 is 0. The molecular weight excluding hydrogens is 224 g/mol. The first-order chi connectivity index (χ1) is 7.68. The second-order valence-corrected chi connectivity index (χ2v) is 7.62. The Balaban J connectivity index is 2.14. The fraction of sp³-hybridized carbons (Fsp3) is 0.818. The van der Waals surface area contributed by atoms with Crippen molar-refractivity contribution in [2.75, 3.05) is 21.3 Å². The number of rotatable bonds is 5. The Morgan fingerprint density at radius 2 is 1.94 bits per heavy atom. The number of allylic oxidation sites excluding steroid dienone is 1. The van der Waals surface area contributed by atoms with Gasteiger partial charge in [0.15, 0.2) is 5.22 Å². The fourth-order valence-corrected chi connectivity index (χ4v) is 5.66. The highest BCUT2D eigenvalue weighted by Crippen LogP contribution is 2.55. The van der Waals surface area contributed by atoms with E-state index < -0.39 is 8.80 Å². The summed E-state index contributed by atoms with van der Waals surface area (Å²) in [4.78, 5) is 0. The maximum atomic E-state index is 5.87. The van der Waals surface area contributed by atoms with Gasteiger partial charge in [-0.1, -0.05) is 6.08 Å². The minimum absolute atomic E-state index is 0.218. The van der Waals surface area contributed by atoms with Gasteiger partial charge in [-0.05, 0) is 25.2 Å². The monoisotopic (exact) mass is 244 g/mol. The zero-order chi connectivity index (χ0) is 11.8. The van der Waals surface area contributed by atoms with Crippen LogP contribution in [0.3, 0.4) is 0 Å². The van der Waals surface area contributed by atoms with Gasteiger partial charge in [-0.25, -0.2) is 0 Å². The lowest BCUT2D eigenvalue weighted by Gasteiger charge is -2.33. The molecule has 1 heterocycles. The smallest absolute Gasteiger partial charge is 0.375 e. The van der Waals surface area contributed by atoms with Crippen LogP contribution in [-0.4, -0.2) is 41.5 Å². The van der Waals surface area contributed by atoms with E-state index in [4.69, 9.17) is 18.0 Å². The van der Waals surface area contributed by atoms with Crippen molar-refractivity contribution in [2.24, 2.45) is 5.92 Å². The maximum absolute atomic E-state index is 5.87. The van der Waals surface area contributed by atoms with E-state index in [0.717, 1.165) is 19.3 Å². The third kappa shape index (κ3) is 1.50. The summed E-state index contributed by atoms with van der Waals surface area (Å²) < 4.78 is 22.5. The average Bonchev–Trinajstić information content (AvgIpc) is 3.06. The molecule has 0 aromatic rings. The van der Waals surface area contributed by atoms with E-state index in [-0.39, 0.29) is 11.3 Å². The molecule has 4 nitrogen and oxygen atoms in total. The summed E-state index contributed by atoms with van der Waals surface area (Å²) in [5.41, 5.74) is 0. The van der Waals surface area contributed by atoms with Crippen molar-refractivity contribution in [3.63, 3.8) is 0 Å². The first kappa shape index (κ1) is 12.3. The van der Waals surface area contributed by atoms with E-state index in [9.17, 15) is 0 Å². The Morgan fingerprint density at radius 1 is 1.31 bits per heavy atom. The number of fused-ring (bicyclic) bond motifs is 1. The van der Waals surface area contributed by atoms with E-state index in [1.807, 2.05) is 6.08 Å². The van der Waals surface area contributed by atoms with Gasteiger partial charge >= 0.3 is 8.80 Å². The van der Waals surface area contributed by atoms with Gasteiger partial charge in [-0.3, -0.25) is 0 Å². The van der Waals surface area contributed by atoms with E-state index in [0.29, 0.717) is 5.92 Å². The number of ether oxygens (including phenoxy) is 1. The molecule has 0 aromatic carbocycles. The number of hydrogen-bond acceptors (Lipinski definition) is 4. The first-order valence-corrected chi connectivity index (χ1v) is 7.36. The van der Waals surface area contributed by atoms with Gasteiger partial charge in [0, 0.05) is 21.3 Å². The molecule has 0 amide bonds. The lowest BCUT2D eigenvalue weighted by atomic mass is 9.89.